The second-order valence-electron chi connectivity index (χ2n) is 8.10. The van der Waals surface area contributed by atoms with Crippen LogP contribution in [-0.2, 0) is 16.6 Å². The molecule has 0 radical (unpaired) electrons. The summed E-state index contributed by atoms with van der Waals surface area (Å²) in [5, 5.41) is 2.91. The van der Waals surface area contributed by atoms with E-state index in [-0.39, 0.29) is 17.4 Å². The third-order valence-corrected chi connectivity index (χ3v) is 6.48. The summed E-state index contributed by atoms with van der Waals surface area (Å²) in [6.07, 6.45) is -0.00645. The lowest BCUT2D eigenvalue weighted by Gasteiger charge is -2.17. The summed E-state index contributed by atoms with van der Waals surface area (Å²) in [6.45, 7) is 0. The highest BCUT2D eigenvalue weighted by Crippen LogP contribution is 2.52. The molecule has 1 aliphatic carbocycles. The fourth-order valence-electron chi connectivity index (χ4n) is 4.01. The van der Waals surface area contributed by atoms with Crippen LogP contribution < -0.4 is 19.5 Å². The van der Waals surface area contributed by atoms with Crippen LogP contribution in [0.25, 0.3) is 11.3 Å². The number of nitrogens with zero attached hydrogens (tertiary/aromatic N) is 2. The number of hydrogen-bond donors (Lipinski definition) is 1. The van der Waals surface area contributed by atoms with Gasteiger partial charge in [0, 0.05) is 22.3 Å². The van der Waals surface area contributed by atoms with E-state index in [0.717, 1.165) is 27.7 Å². The Balaban J connectivity index is 1.40. The predicted molar refractivity (Wildman–Crippen MR) is 129 cm³/mol. The van der Waals surface area contributed by atoms with Gasteiger partial charge in [-0.1, -0.05) is 34.7 Å². The number of fused-ring (bicyclic) bond motifs is 1. The first-order valence-electron chi connectivity index (χ1n) is 10.6. The normalized spacial score (nSPS) is 16.7. The van der Waals surface area contributed by atoms with Crippen LogP contribution in [0.15, 0.2) is 48.7 Å². The Morgan fingerprint density at radius 2 is 1.94 bits per heavy atom. The van der Waals surface area contributed by atoms with E-state index in [1.165, 1.54) is 12.1 Å². The summed E-state index contributed by atoms with van der Waals surface area (Å²) in [7, 11) is 1.55. The third kappa shape index (κ3) is 4.26. The first kappa shape index (κ1) is 22.8. The van der Waals surface area contributed by atoms with Gasteiger partial charge in [0.05, 0.1) is 18.2 Å². The summed E-state index contributed by atoms with van der Waals surface area (Å²) in [4.78, 5) is 22.2. The Labute approximate surface area is 208 Å². The molecular formula is C24H20F2IN3O4. The number of aromatic nitrogens is 2. The summed E-state index contributed by atoms with van der Waals surface area (Å²) >= 11 is 2.31. The first-order chi connectivity index (χ1) is 16.3. The van der Waals surface area contributed by atoms with Crippen molar-refractivity contribution in [1.82, 2.24) is 9.97 Å². The molecule has 3 aromatic rings. The van der Waals surface area contributed by atoms with Crippen molar-refractivity contribution in [2.24, 2.45) is 0 Å². The number of nitrogens with one attached hydrogen (secondary N) is 1. The summed E-state index contributed by atoms with van der Waals surface area (Å²) < 4.78 is 41.8. The molecule has 2 aliphatic rings. The number of ether oxygens (including phenoxy) is 3. The van der Waals surface area contributed by atoms with E-state index < -0.39 is 11.7 Å². The van der Waals surface area contributed by atoms with Crippen molar-refractivity contribution in [1.29, 1.82) is 0 Å². The smallest absolute Gasteiger partial charge is 0.481 e. The molecule has 1 aliphatic heterocycles. The van der Waals surface area contributed by atoms with Crippen molar-refractivity contribution < 1.29 is 27.8 Å². The molecule has 1 amide bonds. The first-order valence-corrected chi connectivity index (χ1v) is 12.1. The minimum atomic E-state index is -3.70. The van der Waals surface area contributed by atoms with Crippen molar-refractivity contribution in [2.45, 2.75) is 31.0 Å². The maximum absolute atomic E-state index is 13.4. The highest BCUT2D eigenvalue weighted by Gasteiger charge is 2.53. The van der Waals surface area contributed by atoms with Crippen LogP contribution >= 0.6 is 22.6 Å². The minimum Gasteiger partial charge on any atom is -0.481 e. The number of methoxy groups -OCH3 is 1. The summed E-state index contributed by atoms with van der Waals surface area (Å²) in [5.41, 5.74) is 2.37. The number of aryl methyl sites for hydroxylation is 1. The maximum Gasteiger partial charge on any atom is 0.586 e. The quantitative estimate of drug-likeness (QED) is 0.309. The Morgan fingerprint density at radius 3 is 2.62 bits per heavy atom. The van der Waals surface area contributed by atoms with Crippen molar-refractivity contribution in [2.75, 3.05) is 16.9 Å². The fraction of sp³-hybridized carbons (Fsp3) is 0.292. The number of carbonyl (C=O) groups is 1. The van der Waals surface area contributed by atoms with Crippen LogP contribution in [0.2, 0.25) is 0 Å². The molecule has 10 heteroatoms. The lowest BCUT2D eigenvalue weighted by molar-refractivity contribution is -0.286. The van der Waals surface area contributed by atoms with E-state index in [9.17, 15) is 13.6 Å². The van der Waals surface area contributed by atoms with Gasteiger partial charge in [-0.2, -0.15) is 0 Å². The fourth-order valence-corrected chi connectivity index (χ4v) is 4.59. The SMILES string of the molecule is COc1ccc(-c2nc(NC(=O)C3(c4ccc5c(c4)OC(F)(F)O5)CC3)ccc2CCI)cn1. The molecule has 0 spiro atoms. The summed E-state index contributed by atoms with van der Waals surface area (Å²) in [5.74, 6) is 0.547. The molecule has 34 heavy (non-hydrogen) atoms. The van der Waals surface area contributed by atoms with Crippen LogP contribution in [0.5, 0.6) is 17.4 Å². The molecule has 5 rings (SSSR count). The summed E-state index contributed by atoms with van der Waals surface area (Å²) in [6, 6.07) is 11.8. The second-order valence-corrected chi connectivity index (χ2v) is 9.18. The number of rotatable bonds is 7. The zero-order chi connectivity index (χ0) is 23.9. The molecule has 1 fully saturated rings. The van der Waals surface area contributed by atoms with Gasteiger partial charge in [0.2, 0.25) is 11.8 Å². The number of amides is 1. The monoisotopic (exact) mass is 579 g/mol. The molecule has 0 atom stereocenters. The van der Waals surface area contributed by atoms with Crippen LogP contribution in [0.3, 0.4) is 0 Å². The number of pyridine rings is 2. The van der Waals surface area contributed by atoms with Gasteiger partial charge in [0.1, 0.15) is 5.82 Å². The molecule has 1 N–H and O–H groups in total. The average molecular weight is 579 g/mol. The van der Waals surface area contributed by atoms with Gasteiger partial charge >= 0.3 is 6.29 Å². The zero-order valence-corrected chi connectivity index (χ0v) is 20.3. The minimum absolute atomic E-state index is 0.0461. The van der Waals surface area contributed by atoms with Crippen LogP contribution in [0, 0.1) is 0 Å². The Bertz CT molecular complexity index is 1250. The molecule has 0 saturated heterocycles. The largest absolute Gasteiger partial charge is 0.586 e. The lowest BCUT2D eigenvalue weighted by Crippen LogP contribution is -2.28. The Kier molecular flexibility index (Phi) is 5.78. The van der Waals surface area contributed by atoms with E-state index in [1.807, 2.05) is 12.1 Å². The number of alkyl halides is 3. The molecule has 2 aromatic heterocycles. The van der Waals surface area contributed by atoms with Crippen molar-refractivity contribution in [3.05, 3.63) is 59.8 Å². The average Bonchev–Trinajstić information content (AvgIpc) is 3.57. The van der Waals surface area contributed by atoms with Crippen molar-refractivity contribution in [3.8, 4) is 28.6 Å². The number of anilines is 1. The molecule has 0 bridgehead atoms. The van der Waals surface area contributed by atoms with Crippen LogP contribution in [-0.4, -0.2) is 33.7 Å². The molecule has 3 heterocycles. The number of carbonyl (C=O) groups excluding carboxylic acids is 1. The Morgan fingerprint density at radius 1 is 1.15 bits per heavy atom. The molecule has 7 nitrogen and oxygen atoms in total. The maximum atomic E-state index is 13.4. The van der Waals surface area contributed by atoms with E-state index in [0.29, 0.717) is 30.1 Å². The Hall–Kier alpha value is -3.02. The molecule has 1 aromatic carbocycles. The van der Waals surface area contributed by atoms with E-state index in [2.05, 4.69) is 42.4 Å². The lowest BCUT2D eigenvalue weighted by atomic mass is 9.94. The van der Waals surface area contributed by atoms with Gasteiger partial charge in [-0.05, 0) is 54.7 Å². The number of benzene rings is 1. The van der Waals surface area contributed by atoms with Crippen LogP contribution in [0.4, 0.5) is 14.6 Å². The zero-order valence-electron chi connectivity index (χ0n) is 18.1. The number of hydrogen-bond acceptors (Lipinski definition) is 6. The molecular weight excluding hydrogens is 559 g/mol. The topological polar surface area (TPSA) is 82.6 Å². The van der Waals surface area contributed by atoms with E-state index >= 15 is 0 Å². The van der Waals surface area contributed by atoms with Crippen molar-refractivity contribution >= 4 is 34.3 Å². The highest BCUT2D eigenvalue weighted by molar-refractivity contribution is 14.1. The van der Waals surface area contributed by atoms with Gasteiger partial charge < -0.3 is 19.5 Å². The third-order valence-electron chi connectivity index (χ3n) is 5.94. The van der Waals surface area contributed by atoms with Gasteiger partial charge in [0.15, 0.2) is 11.5 Å². The van der Waals surface area contributed by atoms with Crippen LogP contribution in [0.1, 0.15) is 24.0 Å². The predicted octanol–water partition coefficient (Wildman–Crippen LogP) is 5.12. The van der Waals surface area contributed by atoms with Gasteiger partial charge in [-0.25, -0.2) is 9.97 Å². The van der Waals surface area contributed by atoms with Gasteiger partial charge in [-0.15, -0.1) is 8.78 Å². The molecule has 176 valence electrons. The van der Waals surface area contributed by atoms with E-state index in [4.69, 9.17) is 9.72 Å². The standard InChI is InChI=1S/C24H20F2IN3O4/c1-32-20-7-3-15(13-28-20)21-14(8-11-27)2-6-19(29-21)30-22(31)23(9-10-23)16-4-5-17-18(12-16)34-24(25,26)33-17/h2-7,12-13H,8-11H2,1H3,(H,29,30,31). The van der Waals surface area contributed by atoms with E-state index in [1.54, 1.807) is 31.5 Å². The van der Waals surface area contributed by atoms with Crippen molar-refractivity contribution in [3.63, 3.8) is 0 Å². The number of halogens is 3. The second kappa shape index (κ2) is 8.64. The molecule has 1 saturated carbocycles. The molecule has 0 unspecified atom stereocenters. The highest BCUT2D eigenvalue weighted by atomic mass is 127. The van der Waals surface area contributed by atoms with Gasteiger partial charge in [-0.3, -0.25) is 4.79 Å². The van der Waals surface area contributed by atoms with Gasteiger partial charge in [0.25, 0.3) is 0 Å².